The summed E-state index contributed by atoms with van der Waals surface area (Å²) in [7, 11) is 0. The van der Waals surface area contributed by atoms with E-state index in [2.05, 4.69) is 0 Å². The molecule has 0 aliphatic heterocycles. The lowest BCUT2D eigenvalue weighted by atomic mass is 9.34. The number of carbonyl (C=O) groups excluding carboxylic acids is 3. The molecule has 0 spiro atoms. The average molecular weight is 286 g/mol. The van der Waals surface area contributed by atoms with Crippen LogP contribution in [0.2, 0.25) is 0 Å². The van der Waals surface area contributed by atoms with E-state index < -0.39 is 28.1 Å². The third-order valence-electron chi connectivity index (χ3n) is 7.06. The van der Waals surface area contributed by atoms with Gasteiger partial charge in [-0.2, -0.15) is 0 Å². The Balaban J connectivity index is 2.45. The Labute approximate surface area is 125 Å². The number of allylic oxidation sites excluding steroid dienone is 4. The summed E-state index contributed by atoms with van der Waals surface area (Å²) < 4.78 is 0. The summed E-state index contributed by atoms with van der Waals surface area (Å²) in [5, 5.41) is 0. The van der Waals surface area contributed by atoms with Crippen molar-refractivity contribution in [1.82, 2.24) is 0 Å². The van der Waals surface area contributed by atoms with Crippen molar-refractivity contribution < 1.29 is 14.4 Å². The SMILES string of the molecule is CC1=C(C)[C@]2(C)[C@@H]3C(=O)C=CC(=O)[C@@H]3[C@]1(C)C(=O)C2(C)C. The summed E-state index contributed by atoms with van der Waals surface area (Å²) in [5.41, 5.74) is -0.00535. The molecule has 4 aliphatic rings. The van der Waals surface area contributed by atoms with E-state index in [1.807, 2.05) is 41.5 Å². The molecule has 0 unspecified atom stereocenters. The first-order chi connectivity index (χ1) is 9.52. The van der Waals surface area contributed by atoms with Gasteiger partial charge in [0.15, 0.2) is 11.6 Å². The minimum absolute atomic E-state index is 0.0132. The molecule has 3 nitrogen and oxygen atoms in total. The lowest BCUT2D eigenvalue weighted by Crippen LogP contribution is -2.70. The van der Waals surface area contributed by atoms with Crippen LogP contribution in [0.4, 0.5) is 0 Å². The fourth-order valence-corrected chi connectivity index (χ4v) is 5.24. The molecule has 0 saturated heterocycles. The Morgan fingerprint density at radius 1 is 0.810 bits per heavy atom. The zero-order valence-electron chi connectivity index (χ0n) is 13.5. The molecule has 0 heterocycles. The smallest absolute Gasteiger partial charge is 0.160 e. The molecule has 21 heavy (non-hydrogen) atoms. The predicted molar refractivity (Wildman–Crippen MR) is 79.5 cm³/mol. The third-order valence-corrected chi connectivity index (χ3v) is 7.06. The predicted octanol–water partition coefficient (Wildman–Crippen LogP) is 2.90. The van der Waals surface area contributed by atoms with E-state index in [0.717, 1.165) is 11.1 Å². The van der Waals surface area contributed by atoms with Crippen molar-refractivity contribution in [3.8, 4) is 0 Å². The maximum atomic E-state index is 13.2. The van der Waals surface area contributed by atoms with Gasteiger partial charge in [0, 0.05) is 22.7 Å². The number of rotatable bonds is 0. The molecule has 1 saturated carbocycles. The van der Waals surface area contributed by atoms with Gasteiger partial charge in [0.25, 0.3) is 0 Å². The van der Waals surface area contributed by atoms with Crippen LogP contribution in [0, 0.1) is 28.1 Å². The maximum absolute atomic E-state index is 13.2. The normalized spacial score (nSPS) is 44.4. The van der Waals surface area contributed by atoms with E-state index in [1.54, 1.807) is 0 Å². The topological polar surface area (TPSA) is 51.2 Å². The van der Waals surface area contributed by atoms with E-state index in [4.69, 9.17) is 0 Å². The number of Topliss-reactive ketones (excluding diaryl/α,β-unsaturated/α-hetero) is 1. The highest BCUT2D eigenvalue weighted by molar-refractivity contribution is 6.14. The van der Waals surface area contributed by atoms with Crippen LogP contribution >= 0.6 is 0 Å². The third kappa shape index (κ3) is 1.21. The lowest BCUT2D eigenvalue weighted by molar-refractivity contribution is -0.174. The Hall–Kier alpha value is -1.51. The first-order valence-corrected chi connectivity index (χ1v) is 7.51. The van der Waals surface area contributed by atoms with Crippen molar-refractivity contribution in [3.05, 3.63) is 23.3 Å². The molecule has 0 aromatic carbocycles. The number of hydrogen-bond acceptors (Lipinski definition) is 3. The van der Waals surface area contributed by atoms with Crippen LogP contribution in [0.1, 0.15) is 41.5 Å². The molecule has 4 atom stereocenters. The van der Waals surface area contributed by atoms with Crippen molar-refractivity contribution >= 4 is 17.3 Å². The van der Waals surface area contributed by atoms with Crippen LogP contribution in [0.15, 0.2) is 23.3 Å². The maximum Gasteiger partial charge on any atom is 0.160 e. The lowest BCUT2D eigenvalue weighted by Gasteiger charge is -2.65. The van der Waals surface area contributed by atoms with Gasteiger partial charge >= 0.3 is 0 Å². The number of carbonyl (C=O) groups is 3. The molecular formula is C18H22O3. The van der Waals surface area contributed by atoms with Crippen molar-refractivity contribution in [2.45, 2.75) is 41.5 Å². The molecule has 1 fully saturated rings. The van der Waals surface area contributed by atoms with E-state index in [9.17, 15) is 14.4 Å². The second kappa shape index (κ2) is 3.63. The van der Waals surface area contributed by atoms with E-state index >= 15 is 0 Å². The summed E-state index contributed by atoms with van der Waals surface area (Å²) in [6.07, 6.45) is 2.77. The summed E-state index contributed by atoms with van der Waals surface area (Å²) in [6.45, 7) is 11.7. The first kappa shape index (κ1) is 14.4. The molecule has 4 aliphatic carbocycles. The standard InChI is InChI=1S/C18H22O3/c1-9-10(2)18(6)14-12(20)8-7-11(19)13(14)17(9,5)15(21)16(18,3)4/h7-8,13-14H,1-6H3/t13-,14+,17+,18+/m0/s1. The monoisotopic (exact) mass is 286 g/mol. The molecule has 3 heteroatoms. The molecule has 0 aromatic rings. The van der Waals surface area contributed by atoms with Crippen molar-refractivity contribution in [1.29, 1.82) is 0 Å². The zero-order valence-corrected chi connectivity index (χ0v) is 13.5. The fourth-order valence-electron chi connectivity index (χ4n) is 5.24. The summed E-state index contributed by atoms with van der Waals surface area (Å²) in [5.74, 6) is -0.955. The van der Waals surface area contributed by atoms with E-state index in [-0.39, 0.29) is 17.3 Å². The summed E-state index contributed by atoms with van der Waals surface area (Å²) in [4.78, 5) is 38.3. The quantitative estimate of drug-likeness (QED) is 0.643. The highest BCUT2D eigenvalue weighted by atomic mass is 16.1. The van der Waals surface area contributed by atoms with Crippen LogP contribution in [0.25, 0.3) is 0 Å². The van der Waals surface area contributed by atoms with Crippen LogP contribution in [-0.4, -0.2) is 17.3 Å². The van der Waals surface area contributed by atoms with E-state index in [1.165, 1.54) is 12.2 Å². The number of hydrogen-bond donors (Lipinski definition) is 0. The first-order valence-electron chi connectivity index (χ1n) is 7.51. The Kier molecular flexibility index (Phi) is 2.49. The second-order valence-corrected chi connectivity index (χ2v) is 7.70. The van der Waals surface area contributed by atoms with Crippen LogP contribution < -0.4 is 0 Å². The highest BCUT2D eigenvalue weighted by Crippen LogP contribution is 2.70. The van der Waals surface area contributed by atoms with Gasteiger partial charge in [0.1, 0.15) is 5.78 Å². The molecule has 0 amide bonds. The number of ketones is 3. The van der Waals surface area contributed by atoms with Crippen molar-refractivity contribution in [3.63, 3.8) is 0 Å². The van der Waals surface area contributed by atoms with Gasteiger partial charge in [-0.1, -0.05) is 31.9 Å². The average Bonchev–Trinajstić information content (AvgIpc) is 2.42. The fraction of sp³-hybridized carbons (Fsp3) is 0.611. The molecule has 0 aromatic heterocycles. The Bertz CT molecular complexity index is 664. The minimum atomic E-state index is -0.854. The van der Waals surface area contributed by atoms with Gasteiger partial charge in [-0.05, 0) is 32.9 Å². The second-order valence-electron chi connectivity index (χ2n) is 7.70. The zero-order chi connectivity index (χ0) is 16.0. The minimum Gasteiger partial charge on any atom is -0.298 e. The molecule has 0 radical (unpaired) electrons. The molecule has 4 rings (SSSR count). The van der Waals surface area contributed by atoms with Crippen LogP contribution in [0.5, 0.6) is 0 Å². The van der Waals surface area contributed by atoms with E-state index in [0.29, 0.717) is 0 Å². The molecular weight excluding hydrogens is 264 g/mol. The Morgan fingerprint density at radius 3 is 1.81 bits per heavy atom. The highest BCUT2D eigenvalue weighted by Gasteiger charge is 2.73. The largest absolute Gasteiger partial charge is 0.298 e. The molecule has 0 N–H and O–H groups in total. The molecule has 2 bridgehead atoms. The Morgan fingerprint density at radius 2 is 1.29 bits per heavy atom. The van der Waals surface area contributed by atoms with Gasteiger partial charge in [0.2, 0.25) is 0 Å². The van der Waals surface area contributed by atoms with Gasteiger partial charge in [0.05, 0.1) is 5.41 Å². The summed E-state index contributed by atoms with van der Waals surface area (Å²) >= 11 is 0. The van der Waals surface area contributed by atoms with Crippen LogP contribution in [0.3, 0.4) is 0 Å². The molecule has 112 valence electrons. The van der Waals surface area contributed by atoms with Gasteiger partial charge in [-0.15, -0.1) is 0 Å². The van der Waals surface area contributed by atoms with Gasteiger partial charge in [-0.3, -0.25) is 14.4 Å². The van der Waals surface area contributed by atoms with Crippen LogP contribution in [-0.2, 0) is 14.4 Å². The van der Waals surface area contributed by atoms with Gasteiger partial charge in [-0.25, -0.2) is 0 Å². The van der Waals surface area contributed by atoms with Crippen molar-refractivity contribution in [2.24, 2.45) is 28.1 Å². The van der Waals surface area contributed by atoms with Gasteiger partial charge < -0.3 is 0 Å². The number of fused-ring (bicyclic) bond motifs is 1. The summed E-state index contributed by atoms with van der Waals surface area (Å²) in [6, 6.07) is 0. The van der Waals surface area contributed by atoms with Crippen molar-refractivity contribution in [2.75, 3.05) is 0 Å².